The second kappa shape index (κ2) is 9.39. The Kier molecular flexibility index (Phi) is 7.88. The third-order valence-corrected chi connectivity index (χ3v) is 3.57. The molecular weight excluding hydrogens is 318 g/mol. The molecule has 1 aromatic carbocycles. The number of rotatable bonds is 8. The van der Waals surface area contributed by atoms with Crippen LogP contribution in [0.4, 0.5) is 0 Å². The van der Waals surface area contributed by atoms with Crippen LogP contribution in [0.25, 0.3) is 0 Å². The average Bonchev–Trinajstić information content (AvgIpc) is 2.54. The van der Waals surface area contributed by atoms with Crippen molar-refractivity contribution in [1.29, 1.82) is 0 Å². The van der Waals surface area contributed by atoms with E-state index >= 15 is 0 Å². The van der Waals surface area contributed by atoms with Crippen molar-refractivity contribution in [2.45, 2.75) is 38.4 Å². The van der Waals surface area contributed by atoms with E-state index in [0.717, 1.165) is 5.56 Å². The highest BCUT2D eigenvalue weighted by Gasteiger charge is 2.24. The molecule has 0 bridgehead atoms. The van der Waals surface area contributed by atoms with Crippen molar-refractivity contribution in [2.75, 3.05) is 5.88 Å². The number of benzene rings is 1. The predicted octanol–water partition coefficient (Wildman–Crippen LogP) is 0.374. The van der Waals surface area contributed by atoms with Crippen molar-refractivity contribution in [2.24, 2.45) is 5.73 Å². The second-order valence-corrected chi connectivity index (χ2v) is 5.64. The molecular formula is C16H22ClN3O3. The van der Waals surface area contributed by atoms with Crippen molar-refractivity contribution in [3.8, 4) is 0 Å². The molecule has 1 aromatic rings. The summed E-state index contributed by atoms with van der Waals surface area (Å²) in [5.74, 6) is -1.47. The first-order chi connectivity index (χ1) is 10.8. The van der Waals surface area contributed by atoms with E-state index in [1.54, 1.807) is 6.92 Å². The summed E-state index contributed by atoms with van der Waals surface area (Å²) in [5.41, 5.74) is 6.35. The monoisotopic (exact) mass is 339 g/mol. The fourth-order valence-corrected chi connectivity index (χ4v) is 2.12. The summed E-state index contributed by atoms with van der Waals surface area (Å²) in [6.45, 7) is 3.05. The molecule has 3 atom stereocenters. The zero-order chi connectivity index (χ0) is 17.4. The van der Waals surface area contributed by atoms with Crippen molar-refractivity contribution in [3.63, 3.8) is 0 Å². The van der Waals surface area contributed by atoms with Crippen molar-refractivity contribution in [1.82, 2.24) is 10.6 Å². The Bertz CT molecular complexity index is 549. The van der Waals surface area contributed by atoms with Gasteiger partial charge in [-0.3, -0.25) is 25.0 Å². The molecule has 7 heteroatoms. The van der Waals surface area contributed by atoms with Gasteiger partial charge in [0.1, 0.15) is 0 Å². The molecule has 0 aliphatic carbocycles. The van der Waals surface area contributed by atoms with Crippen LogP contribution in [0.15, 0.2) is 30.3 Å². The second-order valence-electron chi connectivity index (χ2n) is 5.37. The lowest BCUT2D eigenvalue weighted by Gasteiger charge is -2.21. The summed E-state index contributed by atoms with van der Waals surface area (Å²) in [7, 11) is 0. The van der Waals surface area contributed by atoms with E-state index in [2.05, 4.69) is 10.6 Å². The van der Waals surface area contributed by atoms with Crippen LogP contribution in [0.5, 0.6) is 0 Å². The number of carbonyl (C=O) groups is 3. The molecule has 0 aliphatic heterocycles. The van der Waals surface area contributed by atoms with Gasteiger partial charge in [0.05, 0.1) is 24.0 Å². The normalized spacial score (nSPS) is 14.6. The summed E-state index contributed by atoms with van der Waals surface area (Å²) in [5, 5.41) is 5.12. The molecule has 0 fully saturated rings. The molecule has 0 radical (unpaired) electrons. The first kappa shape index (κ1) is 19.3. The van der Waals surface area contributed by atoms with Crippen LogP contribution in [0.3, 0.4) is 0 Å². The van der Waals surface area contributed by atoms with E-state index in [9.17, 15) is 14.4 Å². The van der Waals surface area contributed by atoms with E-state index in [1.165, 1.54) is 6.92 Å². The molecule has 0 saturated heterocycles. The topological polar surface area (TPSA) is 101 Å². The summed E-state index contributed by atoms with van der Waals surface area (Å²) >= 11 is 5.64. The maximum atomic E-state index is 12.0. The lowest BCUT2D eigenvalue weighted by atomic mass is 10.0. The molecule has 0 heterocycles. The Morgan fingerprint density at radius 3 is 2.26 bits per heavy atom. The lowest BCUT2D eigenvalue weighted by Crippen LogP contribution is -2.53. The van der Waals surface area contributed by atoms with Gasteiger partial charge in [0, 0.05) is 0 Å². The van der Waals surface area contributed by atoms with Crippen molar-refractivity contribution < 1.29 is 14.4 Å². The molecule has 0 unspecified atom stereocenters. The molecule has 1 rings (SSSR count). The Morgan fingerprint density at radius 2 is 1.74 bits per heavy atom. The average molecular weight is 340 g/mol. The highest BCUT2D eigenvalue weighted by atomic mass is 35.5. The molecule has 4 N–H and O–H groups in total. The number of alkyl halides is 1. The SMILES string of the molecule is C[C@H](N)C(=O)NC(=O)[C@H](C)N[C@@H](Cc1ccccc1)C(=O)CCl. The molecule has 0 spiro atoms. The smallest absolute Gasteiger partial charge is 0.243 e. The molecule has 6 nitrogen and oxygen atoms in total. The Labute approximate surface area is 140 Å². The van der Waals surface area contributed by atoms with Crippen LogP contribution in [0, 0.1) is 0 Å². The van der Waals surface area contributed by atoms with Gasteiger partial charge in [-0.15, -0.1) is 11.6 Å². The van der Waals surface area contributed by atoms with Crippen LogP contribution in [-0.2, 0) is 20.8 Å². The number of hydrogen-bond donors (Lipinski definition) is 3. The largest absolute Gasteiger partial charge is 0.320 e. The molecule has 0 aromatic heterocycles. The minimum atomic E-state index is -0.782. The van der Waals surface area contributed by atoms with Gasteiger partial charge in [-0.1, -0.05) is 30.3 Å². The van der Waals surface area contributed by atoms with Crippen LogP contribution in [0.2, 0.25) is 0 Å². The fraction of sp³-hybridized carbons (Fsp3) is 0.438. The zero-order valence-electron chi connectivity index (χ0n) is 13.2. The van der Waals surface area contributed by atoms with Crippen LogP contribution in [0.1, 0.15) is 19.4 Å². The van der Waals surface area contributed by atoms with Crippen LogP contribution >= 0.6 is 11.6 Å². The van der Waals surface area contributed by atoms with Gasteiger partial charge in [-0.25, -0.2) is 0 Å². The van der Waals surface area contributed by atoms with Crippen molar-refractivity contribution in [3.05, 3.63) is 35.9 Å². The molecule has 0 saturated carbocycles. The van der Waals surface area contributed by atoms with Gasteiger partial charge in [0.15, 0.2) is 5.78 Å². The number of ketones is 1. The minimum Gasteiger partial charge on any atom is -0.320 e. The predicted molar refractivity (Wildman–Crippen MR) is 89.1 cm³/mol. The van der Waals surface area contributed by atoms with Crippen LogP contribution in [-0.4, -0.2) is 41.6 Å². The summed E-state index contributed by atoms with van der Waals surface area (Å²) in [6.07, 6.45) is 0.408. The van der Waals surface area contributed by atoms with Crippen molar-refractivity contribution >= 4 is 29.2 Å². The molecule has 126 valence electrons. The molecule has 2 amide bonds. The van der Waals surface area contributed by atoms with E-state index in [1.807, 2.05) is 30.3 Å². The van der Waals surface area contributed by atoms with Crippen LogP contribution < -0.4 is 16.4 Å². The number of Topliss-reactive ketones (excluding diaryl/α,β-unsaturated/α-hetero) is 1. The van der Waals surface area contributed by atoms with Gasteiger partial charge < -0.3 is 5.73 Å². The van der Waals surface area contributed by atoms with Gasteiger partial charge in [-0.05, 0) is 25.8 Å². The van der Waals surface area contributed by atoms with E-state index < -0.39 is 29.9 Å². The minimum absolute atomic E-state index is 0.155. The summed E-state index contributed by atoms with van der Waals surface area (Å²) in [6, 6.07) is 7.27. The Hall–Kier alpha value is -1.76. The standard InChI is InChI=1S/C16H22ClN3O3/c1-10(18)15(22)20-16(23)11(2)19-13(14(21)9-17)8-12-6-4-3-5-7-12/h3-7,10-11,13,19H,8-9,18H2,1-2H3,(H,20,22,23)/t10-,11-,13-/m0/s1. The van der Waals surface area contributed by atoms with Gasteiger partial charge in [0.25, 0.3) is 0 Å². The Balaban J connectivity index is 2.71. The van der Waals surface area contributed by atoms with E-state index in [0.29, 0.717) is 6.42 Å². The first-order valence-corrected chi connectivity index (χ1v) is 7.87. The third kappa shape index (κ3) is 6.48. The van der Waals surface area contributed by atoms with E-state index in [-0.39, 0.29) is 11.7 Å². The zero-order valence-corrected chi connectivity index (χ0v) is 14.0. The number of halogens is 1. The van der Waals surface area contributed by atoms with Gasteiger partial charge >= 0.3 is 0 Å². The van der Waals surface area contributed by atoms with E-state index in [4.69, 9.17) is 17.3 Å². The fourth-order valence-electron chi connectivity index (χ4n) is 1.93. The number of amides is 2. The maximum Gasteiger partial charge on any atom is 0.243 e. The number of hydrogen-bond acceptors (Lipinski definition) is 5. The summed E-state index contributed by atoms with van der Waals surface area (Å²) < 4.78 is 0. The van der Waals surface area contributed by atoms with Gasteiger partial charge in [0.2, 0.25) is 11.8 Å². The highest BCUT2D eigenvalue weighted by molar-refractivity contribution is 6.28. The quantitative estimate of drug-likeness (QED) is 0.594. The molecule has 0 aliphatic rings. The highest BCUT2D eigenvalue weighted by Crippen LogP contribution is 2.06. The number of nitrogens with one attached hydrogen (secondary N) is 2. The number of carbonyl (C=O) groups excluding carboxylic acids is 3. The maximum absolute atomic E-state index is 12.0. The number of nitrogens with two attached hydrogens (primary N) is 1. The van der Waals surface area contributed by atoms with Gasteiger partial charge in [-0.2, -0.15) is 0 Å². The first-order valence-electron chi connectivity index (χ1n) is 7.34. The molecule has 23 heavy (non-hydrogen) atoms. The number of imide groups is 1. The Morgan fingerprint density at radius 1 is 1.13 bits per heavy atom. The summed E-state index contributed by atoms with van der Waals surface area (Å²) in [4.78, 5) is 35.4. The third-order valence-electron chi connectivity index (χ3n) is 3.31. The lowest BCUT2D eigenvalue weighted by molar-refractivity contribution is -0.132.